The molecule has 1 aliphatic heterocycles. The van der Waals surface area contributed by atoms with Gasteiger partial charge < -0.3 is 40.9 Å². The quantitative estimate of drug-likeness (QED) is 0.0780. The van der Waals surface area contributed by atoms with E-state index in [1.165, 1.54) is 17.9 Å². The number of rotatable bonds is 21. The monoisotopic (exact) mass is 841 g/mol. The number of aryl methyl sites for hydroxylation is 1. The highest BCUT2D eigenvalue weighted by Gasteiger charge is 2.42. The van der Waals surface area contributed by atoms with Crippen molar-refractivity contribution >= 4 is 70.0 Å². The van der Waals surface area contributed by atoms with Gasteiger partial charge >= 0.3 is 11.9 Å². The van der Waals surface area contributed by atoms with Crippen LogP contribution in [0.25, 0.3) is 10.9 Å². The van der Waals surface area contributed by atoms with Gasteiger partial charge in [0.15, 0.2) is 0 Å². The summed E-state index contributed by atoms with van der Waals surface area (Å²) in [5.41, 5.74) is 0.739. The number of carbonyl (C=O) groups is 8. The molecule has 2 aromatic rings. The normalized spacial score (nSPS) is 16.4. The fraction of sp³-hybridized carbons (Fsp3) is 0.561. The number of amides is 6. The molecule has 17 nitrogen and oxygen atoms in total. The van der Waals surface area contributed by atoms with Crippen molar-refractivity contribution in [1.82, 2.24) is 35.6 Å². The minimum absolute atomic E-state index is 0.0308. The van der Waals surface area contributed by atoms with Gasteiger partial charge in [-0.2, -0.15) is 0 Å². The van der Waals surface area contributed by atoms with Crippen molar-refractivity contribution in [3.8, 4) is 0 Å². The van der Waals surface area contributed by atoms with E-state index in [9.17, 15) is 43.5 Å². The van der Waals surface area contributed by atoms with Gasteiger partial charge in [-0.25, -0.2) is 0 Å². The van der Waals surface area contributed by atoms with Gasteiger partial charge in [0.1, 0.15) is 12.1 Å². The molecular weight excluding hydrogens is 783 g/mol. The van der Waals surface area contributed by atoms with E-state index in [0.717, 1.165) is 33.1 Å². The van der Waals surface area contributed by atoms with Crippen molar-refractivity contribution in [3.05, 3.63) is 47.7 Å². The van der Waals surface area contributed by atoms with Crippen LogP contribution in [0.2, 0.25) is 0 Å². The number of carboxylic acids is 2. The number of thioether (sulfide) groups is 1. The van der Waals surface area contributed by atoms with Gasteiger partial charge in [-0.3, -0.25) is 43.3 Å². The van der Waals surface area contributed by atoms with Crippen LogP contribution in [0.1, 0.15) is 72.8 Å². The molecule has 1 aromatic heterocycles. The van der Waals surface area contributed by atoms with E-state index in [0.29, 0.717) is 0 Å². The van der Waals surface area contributed by atoms with Crippen molar-refractivity contribution in [2.24, 2.45) is 12.5 Å². The van der Waals surface area contributed by atoms with Crippen molar-refractivity contribution < 1.29 is 48.6 Å². The van der Waals surface area contributed by atoms with E-state index >= 15 is 0 Å². The van der Waals surface area contributed by atoms with Crippen molar-refractivity contribution in [3.63, 3.8) is 0 Å². The first-order chi connectivity index (χ1) is 27.5. The molecule has 1 aliphatic rings. The Morgan fingerprint density at radius 2 is 1.61 bits per heavy atom. The van der Waals surface area contributed by atoms with E-state index < -0.39 is 82.1 Å². The first-order valence-corrected chi connectivity index (χ1v) is 20.5. The van der Waals surface area contributed by atoms with Gasteiger partial charge in [0.05, 0.1) is 17.7 Å². The lowest BCUT2D eigenvalue weighted by Gasteiger charge is -2.38. The molecule has 324 valence electrons. The highest BCUT2D eigenvalue weighted by molar-refractivity contribution is 8.00. The molecule has 2 unspecified atom stereocenters. The number of fused-ring (bicyclic) bond motifs is 1. The van der Waals surface area contributed by atoms with Gasteiger partial charge in [-0.1, -0.05) is 58.9 Å². The average Bonchev–Trinajstić information content (AvgIpc) is 3.64. The first kappa shape index (κ1) is 48.1. The zero-order chi connectivity index (χ0) is 44.4. The maximum Gasteiger partial charge on any atom is 0.304 e. The van der Waals surface area contributed by atoms with Crippen molar-refractivity contribution in [2.45, 2.75) is 96.0 Å². The van der Waals surface area contributed by atoms with Crippen LogP contribution in [0.15, 0.2) is 42.1 Å². The lowest BCUT2D eigenvalue weighted by atomic mass is 9.76. The third-order valence-corrected chi connectivity index (χ3v) is 11.6. The number of imide groups is 1. The molecule has 3 rings (SSSR count). The summed E-state index contributed by atoms with van der Waals surface area (Å²) in [6, 6.07) is 5.01. The van der Waals surface area contributed by atoms with Crippen molar-refractivity contribution in [1.29, 1.82) is 0 Å². The van der Waals surface area contributed by atoms with Crippen LogP contribution in [0.4, 0.5) is 0 Å². The molecular formula is C41H59N7O10S. The zero-order valence-electron chi connectivity index (χ0n) is 35.3. The van der Waals surface area contributed by atoms with Crippen LogP contribution >= 0.6 is 11.8 Å². The Morgan fingerprint density at radius 1 is 0.966 bits per heavy atom. The molecule has 1 fully saturated rings. The number of aromatic nitrogens is 1. The SMILES string of the molecule is CN[C@H](C(=O)NC(C(=O)N(C)C/C=C(\C)C(=O)N[C@@H](CCC(=O)O)C(=O)NCCN1C(=O)CC(SCCC(=O)O)C1=O)C(C)(C)C)C(C)(C)c1cn(C)c2ccccc12. The number of benzene rings is 1. The van der Waals surface area contributed by atoms with Crippen LogP contribution in [-0.4, -0.2) is 135 Å². The first-order valence-electron chi connectivity index (χ1n) is 19.4. The summed E-state index contributed by atoms with van der Waals surface area (Å²) < 4.78 is 2.02. The minimum Gasteiger partial charge on any atom is -0.481 e. The van der Waals surface area contributed by atoms with E-state index in [4.69, 9.17) is 5.11 Å². The summed E-state index contributed by atoms with van der Waals surface area (Å²) in [6.45, 7) is 10.6. The van der Waals surface area contributed by atoms with E-state index in [-0.39, 0.29) is 56.1 Å². The number of hydrogen-bond acceptors (Lipinski definition) is 10. The summed E-state index contributed by atoms with van der Waals surface area (Å²) in [4.78, 5) is 104. The summed E-state index contributed by atoms with van der Waals surface area (Å²) in [5, 5.41) is 29.7. The van der Waals surface area contributed by atoms with Gasteiger partial charge in [0.25, 0.3) is 0 Å². The molecule has 6 N–H and O–H groups in total. The molecule has 18 heteroatoms. The Kier molecular flexibility index (Phi) is 16.8. The molecule has 0 aliphatic carbocycles. The zero-order valence-corrected chi connectivity index (χ0v) is 36.2. The lowest BCUT2D eigenvalue weighted by Crippen LogP contribution is -2.60. The number of para-hydroxylation sites is 1. The standard InChI is InChI=1S/C41H59N7O10S/c1-24(35(54)44-27(14-15-31(50)51)36(55)43-18-20-48-30(49)22-29(38(48)57)59-21-17-32(52)53)16-19-46(8)39(58)34(40(2,3)4)45-37(56)33(42-7)41(5,6)26-23-47(9)28-13-11-10-12-25(26)28/h10-13,16,23,27,29,33-34,42H,14-15,17-22H2,1-9H3,(H,43,55)(H,44,54)(H,45,56)(H,50,51)(H,52,53)/b24-16+/t27-,29?,33+,34?/m0/s1. The van der Waals surface area contributed by atoms with Gasteiger partial charge in [-0.05, 0) is 37.4 Å². The Hall–Kier alpha value is -5.23. The Labute approximate surface area is 349 Å². The Morgan fingerprint density at radius 3 is 2.22 bits per heavy atom. The second-order valence-electron chi connectivity index (χ2n) is 16.4. The van der Waals surface area contributed by atoms with Gasteiger partial charge in [-0.15, -0.1) is 11.8 Å². The largest absolute Gasteiger partial charge is 0.481 e. The smallest absolute Gasteiger partial charge is 0.304 e. The number of hydrogen-bond donors (Lipinski definition) is 6. The molecule has 1 saturated heterocycles. The Bertz CT molecular complexity index is 1950. The van der Waals surface area contributed by atoms with Crippen LogP contribution in [0, 0.1) is 5.41 Å². The fourth-order valence-corrected chi connectivity index (χ4v) is 8.02. The molecule has 0 saturated carbocycles. The summed E-state index contributed by atoms with van der Waals surface area (Å²) in [7, 11) is 5.20. The summed E-state index contributed by atoms with van der Waals surface area (Å²) in [6.07, 6.45) is 2.56. The molecule has 0 bridgehead atoms. The van der Waals surface area contributed by atoms with Crippen LogP contribution < -0.4 is 21.3 Å². The number of nitrogens with zero attached hydrogens (tertiary/aromatic N) is 3. The van der Waals surface area contributed by atoms with Gasteiger partial charge in [0, 0.05) is 80.4 Å². The number of carbonyl (C=O) groups excluding carboxylic acids is 6. The minimum atomic E-state index is -1.27. The van der Waals surface area contributed by atoms with Gasteiger partial charge in [0.2, 0.25) is 35.4 Å². The second-order valence-corrected chi connectivity index (χ2v) is 17.7. The molecule has 0 spiro atoms. The molecule has 2 heterocycles. The highest BCUT2D eigenvalue weighted by Crippen LogP contribution is 2.35. The third-order valence-electron chi connectivity index (χ3n) is 10.4. The highest BCUT2D eigenvalue weighted by atomic mass is 32.2. The van der Waals surface area contributed by atoms with E-state index in [1.807, 2.05) is 76.7 Å². The molecule has 59 heavy (non-hydrogen) atoms. The predicted molar refractivity (Wildman–Crippen MR) is 223 cm³/mol. The third kappa shape index (κ3) is 12.6. The molecule has 0 radical (unpaired) electrons. The lowest BCUT2D eigenvalue weighted by molar-refractivity contribution is -0.140. The maximum atomic E-state index is 14.0. The number of likely N-dealkylation sites (N-methyl/N-ethyl adjacent to an activating group) is 2. The fourth-order valence-electron chi connectivity index (χ4n) is 6.91. The van der Waals surface area contributed by atoms with Crippen LogP contribution in [0.3, 0.4) is 0 Å². The number of carboxylic acid groups (broad SMARTS) is 2. The molecule has 1 aromatic carbocycles. The predicted octanol–water partition coefficient (Wildman–Crippen LogP) is 1.78. The topological polar surface area (TPSA) is 237 Å². The van der Waals surface area contributed by atoms with Crippen LogP contribution in [0.5, 0.6) is 0 Å². The summed E-state index contributed by atoms with van der Waals surface area (Å²) >= 11 is 1.08. The van der Waals surface area contributed by atoms with Crippen LogP contribution in [-0.2, 0) is 50.8 Å². The average molecular weight is 842 g/mol. The maximum absolute atomic E-state index is 14.0. The van der Waals surface area contributed by atoms with E-state index in [1.54, 1.807) is 14.1 Å². The molecule has 6 amide bonds. The van der Waals surface area contributed by atoms with E-state index in [2.05, 4.69) is 21.3 Å². The number of aliphatic carboxylic acids is 2. The summed E-state index contributed by atoms with van der Waals surface area (Å²) in [5.74, 6) is -5.17. The van der Waals surface area contributed by atoms with Crippen molar-refractivity contribution in [2.75, 3.05) is 39.5 Å². The Balaban J connectivity index is 1.65. The molecule has 4 atom stereocenters. The number of nitrogens with one attached hydrogen (secondary N) is 4. The number of likely N-dealkylation sites (tertiary alicyclic amines) is 1. The second kappa shape index (κ2) is 20.6.